The second-order valence-corrected chi connectivity index (χ2v) is 4.49. The molecule has 0 atom stereocenters. The molecule has 0 radical (unpaired) electrons. The number of rotatable bonds is 2. The first-order valence-corrected chi connectivity index (χ1v) is 5.94. The number of nitrogens with zero attached hydrogens (tertiary/aromatic N) is 1. The Balaban J connectivity index is 2.18. The molecule has 1 aromatic rings. The van der Waals surface area contributed by atoms with Gasteiger partial charge >= 0.3 is 0 Å². The lowest BCUT2D eigenvalue weighted by Gasteiger charge is -2.09. The standard InChI is InChI=1S/C13H13NO4/c1-8(14(15)16)6-11-10-3-5-17-12(10)7-9-2-4-18-13(9)11/h6-7H,2-5H2,1H3/b8-6+. The molecule has 2 aliphatic heterocycles. The van der Waals surface area contributed by atoms with Gasteiger partial charge in [-0.3, -0.25) is 10.1 Å². The molecule has 5 heteroatoms. The highest BCUT2D eigenvalue weighted by Crippen LogP contribution is 2.41. The van der Waals surface area contributed by atoms with E-state index in [0.29, 0.717) is 13.2 Å². The predicted molar refractivity (Wildman–Crippen MR) is 65.5 cm³/mol. The topological polar surface area (TPSA) is 61.6 Å². The normalized spacial score (nSPS) is 16.8. The van der Waals surface area contributed by atoms with Crippen molar-refractivity contribution >= 4 is 6.08 Å². The summed E-state index contributed by atoms with van der Waals surface area (Å²) in [5, 5.41) is 10.8. The van der Waals surface area contributed by atoms with Crippen LogP contribution in [0.3, 0.4) is 0 Å². The Morgan fingerprint density at radius 2 is 2.17 bits per heavy atom. The summed E-state index contributed by atoms with van der Waals surface area (Å²) >= 11 is 0. The molecule has 2 aliphatic rings. The lowest BCUT2D eigenvalue weighted by Crippen LogP contribution is -1.97. The third-order valence-corrected chi connectivity index (χ3v) is 3.33. The number of hydrogen-bond acceptors (Lipinski definition) is 4. The molecule has 1 aromatic carbocycles. The summed E-state index contributed by atoms with van der Waals surface area (Å²) < 4.78 is 11.2. The van der Waals surface area contributed by atoms with Crippen molar-refractivity contribution in [2.24, 2.45) is 0 Å². The number of hydrogen-bond donors (Lipinski definition) is 0. The van der Waals surface area contributed by atoms with E-state index < -0.39 is 0 Å². The quantitative estimate of drug-likeness (QED) is 0.593. The lowest BCUT2D eigenvalue weighted by atomic mass is 9.99. The number of fused-ring (bicyclic) bond motifs is 2. The highest BCUT2D eigenvalue weighted by atomic mass is 16.6. The van der Waals surface area contributed by atoms with Crippen LogP contribution in [0.15, 0.2) is 11.8 Å². The zero-order valence-corrected chi connectivity index (χ0v) is 10.1. The number of allylic oxidation sites excluding steroid dienone is 1. The molecular weight excluding hydrogens is 234 g/mol. The van der Waals surface area contributed by atoms with Gasteiger partial charge in [0.05, 0.1) is 18.1 Å². The van der Waals surface area contributed by atoms with Crippen LogP contribution in [-0.2, 0) is 12.8 Å². The zero-order chi connectivity index (χ0) is 12.7. The van der Waals surface area contributed by atoms with Crippen LogP contribution in [0.1, 0.15) is 23.6 Å². The van der Waals surface area contributed by atoms with Gasteiger partial charge in [0.1, 0.15) is 11.5 Å². The van der Waals surface area contributed by atoms with E-state index in [1.165, 1.54) is 6.92 Å². The van der Waals surface area contributed by atoms with E-state index >= 15 is 0 Å². The Morgan fingerprint density at radius 1 is 1.39 bits per heavy atom. The summed E-state index contributed by atoms with van der Waals surface area (Å²) in [5.41, 5.74) is 3.05. The minimum absolute atomic E-state index is 0.119. The second kappa shape index (κ2) is 4.01. The average molecular weight is 247 g/mol. The van der Waals surface area contributed by atoms with Crippen molar-refractivity contribution in [2.75, 3.05) is 13.2 Å². The third kappa shape index (κ3) is 1.63. The van der Waals surface area contributed by atoms with Crippen LogP contribution >= 0.6 is 0 Å². The number of nitro groups is 1. The Bertz CT molecular complexity index is 530. The van der Waals surface area contributed by atoms with E-state index in [1.807, 2.05) is 6.07 Å². The van der Waals surface area contributed by atoms with E-state index in [-0.39, 0.29) is 10.6 Å². The van der Waals surface area contributed by atoms with Crippen molar-refractivity contribution in [3.05, 3.63) is 38.6 Å². The first-order valence-electron chi connectivity index (χ1n) is 5.94. The molecule has 0 bridgehead atoms. The molecule has 0 amide bonds. The summed E-state index contributed by atoms with van der Waals surface area (Å²) in [6, 6.07) is 2.00. The maximum atomic E-state index is 10.8. The van der Waals surface area contributed by atoms with Crippen molar-refractivity contribution in [3.8, 4) is 11.5 Å². The van der Waals surface area contributed by atoms with E-state index in [9.17, 15) is 10.1 Å². The molecule has 0 saturated heterocycles. The van der Waals surface area contributed by atoms with Gasteiger partial charge < -0.3 is 9.47 Å². The zero-order valence-electron chi connectivity index (χ0n) is 10.1. The monoisotopic (exact) mass is 247 g/mol. The highest BCUT2D eigenvalue weighted by Gasteiger charge is 2.26. The fraction of sp³-hybridized carbons (Fsp3) is 0.385. The number of ether oxygens (including phenoxy) is 2. The van der Waals surface area contributed by atoms with Crippen LogP contribution in [0.25, 0.3) is 6.08 Å². The van der Waals surface area contributed by atoms with Crippen molar-refractivity contribution < 1.29 is 14.4 Å². The summed E-state index contributed by atoms with van der Waals surface area (Å²) in [6.07, 6.45) is 3.21. The molecule has 0 aromatic heterocycles. The van der Waals surface area contributed by atoms with Crippen LogP contribution in [0.4, 0.5) is 0 Å². The molecule has 2 heterocycles. The molecule has 5 nitrogen and oxygen atoms in total. The summed E-state index contributed by atoms with van der Waals surface area (Å²) in [7, 11) is 0. The molecular formula is C13H13NO4. The maximum Gasteiger partial charge on any atom is 0.243 e. The Hall–Kier alpha value is -2.04. The summed E-state index contributed by atoms with van der Waals surface area (Å²) in [5.74, 6) is 1.64. The van der Waals surface area contributed by atoms with Crippen molar-refractivity contribution in [2.45, 2.75) is 19.8 Å². The fourth-order valence-electron chi connectivity index (χ4n) is 2.44. The van der Waals surface area contributed by atoms with E-state index in [1.54, 1.807) is 6.08 Å². The summed E-state index contributed by atoms with van der Waals surface area (Å²) in [4.78, 5) is 10.4. The third-order valence-electron chi connectivity index (χ3n) is 3.33. The van der Waals surface area contributed by atoms with Crippen molar-refractivity contribution in [3.63, 3.8) is 0 Å². The smallest absolute Gasteiger partial charge is 0.243 e. The molecule has 3 rings (SSSR count). The van der Waals surface area contributed by atoms with E-state index in [2.05, 4.69) is 0 Å². The van der Waals surface area contributed by atoms with E-state index in [4.69, 9.17) is 9.47 Å². The van der Waals surface area contributed by atoms with Crippen LogP contribution in [0.5, 0.6) is 11.5 Å². The van der Waals surface area contributed by atoms with Gasteiger partial charge in [-0.2, -0.15) is 0 Å². The summed E-state index contributed by atoms with van der Waals surface area (Å²) in [6.45, 7) is 2.77. The molecule has 0 fully saturated rings. The van der Waals surface area contributed by atoms with E-state index in [0.717, 1.165) is 41.0 Å². The molecule has 0 spiro atoms. The van der Waals surface area contributed by atoms with Crippen LogP contribution in [0, 0.1) is 10.1 Å². The maximum absolute atomic E-state index is 10.8. The minimum Gasteiger partial charge on any atom is -0.493 e. The lowest BCUT2D eigenvalue weighted by molar-refractivity contribution is -0.422. The SMILES string of the molecule is C/C(=C\c1c2c(cc3c1OCC3)OCC2)[N+](=O)[O-]. The van der Waals surface area contributed by atoms with Gasteiger partial charge in [-0.15, -0.1) is 0 Å². The molecule has 0 aliphatic carbocycles. The van der Waals surface area contributed by atoms with Gasteiger partial charge in [-0.1, -0.05) is 0 Å². The average Bonchev–Trinajstić information content (AvgIpc) is 2.95. The van der Waals surface area contributed by atoms with Crippen LogP contribution in [-0.4, -0.2) is 18.1 Å². The van der Waals surface area contributed by atoms with Crippen LogP contribution in [0.2, 0.25) is 0 Å². The first-order chi connectivity index (χ1) is 8.66. The minimum atomic E-state index is -0.378. The molecule has 94 valence electrons. The molecule has 18 heavy (non-hydrogen) atoms. The molecule has 0 unspecified atom stereocenters. The van der Waals surface area contributed by atoms with Crippen molar-refractivity contribution in [1.82, 2.24) is 0 Å². The van der Waals surface area contributed by atoms with Crippen molar-refractivity contribution in [1.29, 1.82) is 0 Å². The van der Waals surface area contributed by atoms with Gasteiger partial charge in [0, 0.05) is 42.5 Å². The first kappa shape index (κ1) is 11.1. The number of benzene rings is 1. The fourth-order valence-corrected chi connectivity index (χ4v) is 2.44. The molecule has 0 saturated carbocycles. The molecule has 0 N–H and O–H groups in total. The Kier molecular flexibility index (Phi) is 2.47. The van der Waals surface area contributed by atoms with Gasteiger partial charge in [0.2, 0.25) is 5.70 Å². The second-order valence-electron chi connectivity index (χ2n) is 4.49. The van der Waals surface area contributed by atoms with Gasteiger partial charge in [0.25, 0.3) is 0 Å². The Morgan fingerprint density at radius 3 is 2.94 bits per heavy atom. The van der Waals surface area contributed by atoms with Gasteiger partial charge in [-0.25, -0.2) is 0 Å². The van der Waals surface area contributed by atoms with Gasteiger partial charge in [0.15, 0.2) is 0 Å². The predicted octanol–water partition coefficient (Wildman–Crippen LogP) is 2.19. The van der Waals surface area contributed by atoms with Crippen LogP contribution < -0.4 is 9.47 Å². The Labute approximate surface area is 104 Å². The van der Waals surface area contributed by atoms with Gasteiger partial charge in [-0.05, 0) is 6.07 Å². The highest BCUT2D eigenvalue weighted by molar-refractivity contribution is 5.69. The largest absolute Gasteiger partial charge is 0.493 e.